The molecule has 2 saturated heterocycles. The summed E-state index contributed by atoms with van der Waals surface area (Å²) in [7, 11) is 0. The molecule has 5 nitrogen and oxygen atoms in total. The van der Waals surface area contributed by atoms with Gasteiger partial charge in [0.1, 0.15) is 24.1 Å². The number of imidazole rings is 1. The number of hydrogen-bond acceptors (Lipinski definition) is 4. The second-order valence-electron chi connectivity index (χ2n) is 7.18. The van der Waals surface area contributed by atoms with E-state index in [0.717, 1.165) is 17.8 Å². The zero-order valence-corrected chi connectivity index (χ0v) is 14.1. The maximum absolute atomic E-state index is 9.93. The molecule has 0 aliphatic carbocycles. The molecule has 1 N–H and O–H groups in total. The number of aromatic nitrogens is 2. The van der Waals surface area contributed by atoms with Crippen molar-refractivity contribution in [2.45, 2.75) is 44.6 Å². The molecule has 0 bridgehead atoms. The van der Waals surface area contributed by atoms with Gasteiger partial charge in [-0.1, -0.05) is 38.1 Å². The van der Waals surface area contributed by atoms with Crippen LogP contribution in [-0.2, 0) is 15.9 Å². The highest BCUT2D eigenvalue weighted by Crippen LogP contribution is 2.36. The fourth-order valence-electron chi connectivity index (χ4n) is 3.76. The van der Waals surface area contributed by atoms with Crippen LogP contribution >= 0.6 is 0 Å². The number of rotatable bonds is 4. The number of nitrogens with zero attached hydrogens (tertiary/aromatic N) is 2. The first kappa shape index (κ1) is 15.8. The Balaban J connectivity index is 1.59. The van der Waals surface area contributed by atoms with Crippen LogP contribution in [0.15, 0.2) is 36.7 Å². The van der Waals surface area contributed by atoms with Gasteiger partial charge in [-0.05, 0) is 17.9 Å². The smallest absolute Gasteiger partial charge is 0.140 e. The molecule has 5 heteroatoms. The summed E-state index contributed by atoms with van der Waals surface area (Å²) >= 11 is 0. The minimum atomic E-state index is -0.526. The van der Waals surface area contributed by atoms with E-state index in [1.54, 1.807) is 0 Å². The highest BCUT2D eigenvalue weighted by molar-refractivity contribution is 5.56. The minimum Gasteiger partial charge on any atom is -0.388 e. The van der Waals surface area contributed by atoms with Crippen LogP contribution in [0.3, 0.4) is 0 Å². The molecular formula is C19H24N2O3. The Hall–Kier alpha value is -1.69. The number of hydrogen-bond donors (Lipinski definition) is 1. The van der Waals surface area contributed by atoms with Gasteiger partial charge in [-0.3, -0.25) is 0 Å². The topological polar surface area (TPSA) is 56.5 Å². The average Bonchev–Trinajstić information content (AvgIpc) is 3.25. The van der Waals surface area contributed by atoms with Gasteiger partial charge in [-0.2, -0.15) is 0 Å². The summed E-state index contributed by atoms with van der Waals surface area (Å²) in [6, 6.07) is 8.68. The largest absolute Gasteiger partial charge is 0.388 e. The monoisotopic (exact) mass is 328 g/mol. The lowest BCUT2D eigenvalue weighted by Crippen LogP contribution is -2.30. The predicted molar refractivity (Wildman–Crippen MR) is 90.7 cm³/mol. The molecule has 24 heavy (non-hydrogen) atoms. The molecule has 0 unspecified atom stereocenters. The molecular weight excluding hydrogens is 304 g/mol. The molecule has 2 aliphatic rings. The zero-order chi connectivity index (χ0) is 16.7. The van der Waals surface area contributed by atoms with E-state index in [0.29, 0.717) is 19.1 Å². The second-order valence-corrected chi connectivity index (χ2v) is 7.18. The molecule has 1 aromatic heterocycles. The summed E-state index contributed by atoms with van der Waals surface area (Å²) in [5, 5.41) is 9.93. The maximum atomic E-state index is 9.93. The van der Waals surface area contributed by atoms with E-state index >= 15 is 0 Å². The Morgan fingerprint density at radius 3 is 2.67 bits per heavy atom. The van der Waals surface area contributed by atoms with E-state index in [2.05, 4.69) is 47.7 Å². The fraction of sp³-hybridized carbons (Fsp3) is 0.526. The highest BCUT2D eigenvalue weighted by atomic mass is 16.6. The summed E-state index contributed by atoms with van der Waals surface area (Å²) in [5.41, 5.74) is 2.44. The maximum Gasteiger partial charge on any atom is 0.140 e. The van der Waals surface area contributed by atoms with Crippen LogP contribution in [0.4, 0.5) is 0 Å². The van der Waals surface area contributed by atoms with Gasteiger partial charge < -0.3 is 19.1 Å². The third-order valence-electron chi connectivity index (χ3n) is 4.88. The molecule has 0 radical (unpaired) electrons. The summed E-state index contributed by atoms with van der Waals surface area (Å²) in [4.78, 5) is 4.54. The third-order valence-corrected chi connectivity index (χ3v) is 4.88. The van der Waals surface area contributed by atoms with Crippen molar-refractivity contribution in [3.8, 4) is 11.4 Å². The first-order valence-corrected chi connectivity index (χ1v) is 8.67. The Bertz CT molecular complexity index is 695. The number of fused-ring (bicyclic) bond motifs is 1. The number of ether oxygens (including phenoxy) is 2. The van der Waals surface area contributed by atoms with Crippen LogP contribution < -0.4 is 0 Å². The van der Waals surface area contributed by atoms with Crippen LogP contribution in [0.25, 0.3) is 11.4 Å². The van der Waals surface area contributed by atoms with E-state index in [1.165, 1.54) is 5.56 Å². The summed E-state index contributed by atoms with van der Waals surface area (Å²) in [5.74, 6) is 1.57. The van der Waals surface area contributed by atoms with Crippen LogP contribution in [-0.4, -0.2) is 46.2 Å². The average molecular weight is 328 g/mol. The molecule has 1 aromatic carbocycles. The van der Waals surface area contributed by atoms with Gasteiger partial charge >= 0.3 is 0 Å². The van der Waals surface area contributed by atoms with Gasteiger partial charge in [-0.15, -0.1) is 0 Å². The second kappa shape index (κ2) is 6.31. The van der Waals surface area contributed by atoms with Crippen molar-refractivity contribution in [1.29, 1.82) is 0 Å². The molecule has 128 valence electrons. The Morgan fingerprint density at radius 2 is 1.92 bits per heavy atom. The van der Waals surface area contributed by atoms with Gasteiger partial charge in [0.05, 0.1) is 19.3 Å². The van der Waals surface area contributed by atoms with Crippen molar-refractivity contribution in [2.24, 2.45) is 5.92 Å². The Morgan fingerprint density at radius 1 is 1.17 bits per heavy atom. The first-order chi connectivity index (χ1) is 11.6. The van der Waals surface area contributed by atoms with Gasteiger partial charge in [0.25, 0.3) is 0 Å². The molecule has 2 aliphatic heterocycles. The van der Waals surface area contributed by atoms with Crippen molar-refractivity contribution < 1.29 is 14.6 Å². The molecule has 2 aromatic rings. The molecule has 3 heterocycles. The van der Waals surface area contributed by atoms with Crippen LogP contribution in [0.5, 0.6) is 0 Å². The normalized spacial score (nSPS) is 29.3. The Labute approximate surface area is 142 Å². The first-order valence-electron chi connectivity index (χ1n) is 8.67. The standard InChI is InChI=1S/C19H24N2O3/c1-12(2)9-13-3-5-14(6-4-13)19-20-7-8-21(19)15-10-23-18-16(22)11-24-17(15)18/h3-8,12,15-18,22H,9-11H2,1-2H3/t15-,16-,17-,18-/m1/s1. The van der Waals surface area contributed by atoms with E-state index in [4.69, 9.17) is 9.47 Å². The number of aliphatic hydroxyl groups is 1. The van der Waals surface area contributed by atoms with Gasteiger partial charge in [-0.25, -0.2) is 4.98 Å². The zero-order valence-electron chi connectivity index (χ0n) is 14.1. The number of benzene rings is 1. The fourth-order valence-corrected chi connectivity index (χ4v) is 3.76. The van der Waals surface area contributed by atoms with Crippen LogP contribution in [0, 0.1) is 5.92 Å². The third kappa shape index (κ3) is 2.77. The van der Waals surface area contributed by atoms with E-state index in [1.807, 2.05) is 12.4 Å². The molecule has 4 atom stereocenters. The molecule has 0 spiro atoms. The van der Waals surface area contributed by atoms with Gasteiger partial charge in [0.2, 0.25) is 0 Å². The summed E-state index contributed by atoms with van der Waals surface area (Å²) in [6.07, 6.45) is 4.02. The Kier molecular flexibility index (Phi) is 4.16. The van der Waals surface area contributed by atoms with Crippen LogP contribution in [0.2, 0.25) is 0 Å². The van der Waals surface area contributed by atoms with Crippen molar-refractivity contribution in [1.82, 2.24) is 9.55 Å². The van der Waals surface area contributed by atoms with Gasteiger partial charge in [0, 0.05) is 18.0 Å². The lowest BCUT2D eigenvalue weighted by atomic mass is 10.0. The summed E-state index contributed by atoms with van der Waals surface area (Å²) < 4.78 is 13.6. The SMILES string of the molecule is CC(C)Cc1ccc(-c2nccn2[C@@H]2CO[C@H]3[C@@H]2OC[C@H]3O)cc1. The molecule has 0 saturated carbocycles. The quantitative estimate of drug-likeness (QED) is 0.937. The molecule has 4 rings (SSSR count). The van der Waals surface area contributed by atoms with Crippen molar-refractivity contribution in [2.75, 3.05) is 13.2 Å². The lowest BCUT2D eigenvalue weighted by Gasteiger charge is -2.19. The van der Waals surface area contributed by atoms with Crippen molar-refractivity contribution >= 4 is 0 Å². The van der Waals surface area contributed by atoms with E-state index in [-0.39, 0.29) is 18.2 Å². The number of aliphatic hydroxyl groups excluding tert-OH is 1. The van der Waals surface area contributed by atoms with Crippen molar-refractivity contribution in [3.05, 3.63) is 42.2 Å². The van der Waals surface area contributed by atoms with E-state index < -0.39 is 6.10 Å². The lowest BCUT2D eigenvalue weighted by molar-refractivity contribution is 0.0172. The predicted octanol–water partition coefficient (Wildman–Crippen LogP) is 2.45. The van der Waals surface area contributed by atoms with Gasteiger partial charge in [0.15, 0.2) is 0 Å². The van der Waals surface area contributed by atoms with Crippen molar-refractivity contribution in [3.63, 3.8) is 0 Å². The minimum absolute atomic E-state index is 0.0555. The van der Waals surface area contributed by atoms with Crippen LogP contribution in [0.1, 0.15) is 25.5 Å². The molecule has 0 amide bonds. The van der Waals surface area contributed by atoms with E-state index in [9.17, 15) is 5.11 Å². The highest BCUT2D eigenvalue weighted by Gasteiger charge is 2.48. The summed E-state index contributed by atoms with van der Waals surface area (Å²) in [6.45, 7) is 5.35. The molecule has 2 fully saturated rings.